The zero-order valence-electron chi connectivity index (χ0n) is 16.0. The number of sulfonamides is 1. The summed E-state index contributed by atoms with van der Waals surface area (Å²) in [6.07, 6.45) is 9.04. The van der Waals surface area contributed by atoms with Crippen molar-refractivity contribution in [3.05, 3.63) is 29.6 Å². The molecule has 1 amide bonds. The van der Waals surface area contributed by atoms with Gasteiger partial charge < -0.3 is 4.90 Å². The molecule has 0 aromatic heterocycles. The Kier molecular flexibility index (Phi) is 6.52. The molecule has 7 heteroatoms. The van der Waals surface area contributed by atoms with Gasteiger partial charge in [-0.05, 0) is 43.9 Å². The van der Waals surface area contributed by atoms with Crippen molar-refractivity contribution in [3.63, 3.8) is 0 Å². The second-order valence-corrected chi connectivity index (χ2v) is 9.58. The molecule has 150 valence electrons. The molecule has 3 rings (SSSR count). The lowest BCUT2D eigenvalue weighted by molar-refractivity contribution is 0.0717. The number of hydrogen-bond donors (Lipinski definition) is 0. The minimum Gasteiger partial charge on any atom is -0.339 e. The van der Waals surface area contributed by atoms with Gasteiger partial charge in [-0.2, -0.15) is 4.31 Å². The van der Waals surface area contributed by atoms with E-state index in [0.29, 0.717) is 13.1 Å². The van der Waals surface area contributed by atoms with E-state index in [1.165, 1.54) is 29.3 Å². The summed E-state index contributed by atoms with van der Waals surface area (Å²) in [5, 5.41) is 0. The summed E-state index contributed by atoms with van der Waals surface area (Å²) in [5.74, 6) is -1.04. The Hall–Kier alpha value is -1.47. The molecule has 0 atom stereocenters. The van der Waals surface area contributed by atoms with Gasteiger partial charge in [0, 0.05) is 31.7 Å². The largest absolute Gasteiger partial charge is 0.339 e. The first kappa shape index (κ1) is 20.3. The van der Waals surface area contributed by atoms with Crippen molar-refractivity contribution < 1.29 is 17.6 Å². The van der Waals surface area contributed by atoms with Crippen LogP contribution in [0.4, 0.5) is 4.39 Å². The van der Waals surface area contributed by atoms with E-state index in [9.17, 15) is 17.6 Å². The van der Waals surface area contributed by atoms with Crippen LogP contribution in [-0.2, 0) is 10.0 Å². The highest BCUT2D eigenvalue weighted by Crippen LogP contribution is 2.26. The molecule has 1 aliphatic heterocycles. The van der Waals surface area contributed by atoms with Gasteiger partial charge in [0.15, 0.2) is 0 Å². The summed E-state index contributed by atoms with van der Waals surface area (Å²) in [5.41, 5.74) is 0.235. The Morgan fingerprint density at radius 1 is 1.04 bits per heavy atom. The molecule has 0 bridgehead atoms. The van der Waals surface area contributed by atoms with Gasteiger partial charge >= 0.3 is 0 Å². The zero-order chi connectivity index (χ0) is 19.4. The summed E-state index contributed by atoms with van der Waals surface area (Å²) in [6.45, 7) is 0.809. The van der Waals surface area contributed by atoms with Gasteiger partial charge in [0.1, 0.15) is 10.7 Å². The Bertz CT molecular complexity index is 767. The second kappa shape index (κ2) is 8.69. The summed E-state index contributed by atoms with van der Waals surface area (Å²) in [7, 11) is -2.15. The van der Waals surface area contributed by atoms with Gasteiger partial charge in [0.2, 0.25) is 10.0 Å². The van der Waals surface area contributed by atoms with Crippen molar-refractivity contribution in [1.29, 1.82) is 0 Å². The van der Waals surface area contributed by atoms with E-state index in [2.05, 4.69) is 0 Å². The zero-order valence-corrected chi connectivity index (χ0v) is 16.8. The molecule has 1 heterocycles. The standard InChI is InChI=1S/C20H29FN2O3S/c1-22(17-9-5-2-3-6-10-17)20(24)16-11-12-18(21)19(15-16)27(25,26)23-13-7-4-8-14-23/h11-12,15,17H,2-10,13-14H2,1H3. The summed E-state index contributed by atoms with van der Waals surface area (Å²) < 4.78 is 41.4. The van der Waals surface area contributed by atoms with Crippen LogP contribution >= 0.6 is 0 Å². The van der Waals surface area contributed by atoms with Crippen LogP contribution < -0.4 is 0 Å². The lowest BCUT2D eigenvalue weighted by atomic mass is 10.1. The smallest absolute Gasteiger partial charge is 0.253 e. The number of rotatable bonds is 4. The van der Waals surface area contributed by atoms with Crippen molar-refractivity contribution in [2.45, 2.75) is 68.7 Å². The number of carbonyl (C=O) groups excluding carboxylic acids is 1. The van der Waals surface area contributed by atoms with Gasteiger partial charge in [-0.15, -0.1) is 0 Å². The van der Waals surface area contributed by atoms with Gasteiger partial charge in [-0.3, -0.25) is 4.79 Å². The normalized spacial score (nSPS) is 20.2. The van der Waals surface area contributed by atoms with Crippen LogP contribution in [-0.4, -0.2) is 49.7 Å². The van der Waals surface area contributed by atoms with E-state index < -0.39 is 15.8 Å². The third-order valence-corrected chi connectivity index (χ3v) is 7.72. The first-order valence-corrected chi connectivity index (χ1v) is 11.4. The lowest BCUT2D eigenvalue weighted by Gasteiger charge is -2.28. The summed E-state index contributed by atoms with van der Waals surface area (Å²) in [4.78, 5) is 14.2. The average Bonchev–Trinajstić information content (AvgIpc) is 2.97. The lowest BCUT2D eigenvalue weighted by Crippen LogP contribution is -2.37. The molecular weight excluding hydrogens is 367 g/mol. The number of hydrogen-bond acceptors (Lipinski definition) is 3. The van der Waals surface area contributed by atoms with Crippen molar-refractivity contribution in [2.75, 3.05) is 20.1 Å². The molecule has 1 aromatic rings. The van der Waals surface area contributed by atoms with Crippen molar-refractivity contribution in [3.8, 4) is 0 Å². The fraction of sp³-hybridized carbons (Fsp3) is 0.650. The number of benzene rings is 1. The van der Waals surface area contributed by atoms with E-state index in [4.69, 9.17) is 0 Å². The highest BCUT2D eigenvalue weighted by molar-refractivity contribution is 7.89. The Labute approximate surface area is 161 Å². The van der Waals surface area contributed by atoms with E-state index in [1.807, 2.05) is 0 Å². The topological polar surface area (TPSA) is 57.7 Å². The Morgan fingerprint density at radius 3 is 2.26 bits per heavy atom. The molecule has 1 aromatic carbocycles. The van der Waals surface area contributed by atoms with Crippen LogP contribution in [0.25, 0.3) is 0 Å². The molecule has 27 heavy (non-hydrogen) atoms. The van der Waals surface area contributed by atoms with E-state index in [1.54, 1.807) is 11.9 Å². The van der Waals surface area contributed by atoms with Crippen molar-refractivity contribution in [1.82, 2.24) is 9.21 Å². The number of halogens is 1. The van der Waals surface area contributed by atoms with Gasteiger partial charge in [0.25, 0.3) is 5.91 Å². The third kappa shape index (κ3) is 4.51. The molecule has 1 saturated heterocycles. The van der Waals surface area contributed by atoms with Gasteiger partial charge in [-0.25, -0.2) is 12.8 Å². The number of piperidine rings is 1. The maximum Gasteiger partial charge on any atom is 0.253 e. The highest BCUT2D eigenvalue weighted by atomic mass is 32.2. The predicted octanol–water partition coefficient (Wildman–Crippen LogP) is 3.80. The van der Waals surface area contributed by atoms with E-state index in [-0.39, 0.29) is 22.4 Å². The molecule has 0 N–H and O–H groups in total. The van der Waals surface area contributed by atoms with Gasteiger partial charge in [-0.1, -0.05) is 32.1 Å². The average molecular weight is 397 g/mol. The first-order valence-electron chi connectivity index (χ1n) is 9.98. The van der Waals surface area contributed by atoms with Crippen molar-refractivity contribution >= 4 is 15.9 Å². The van der Waals surface area contributed by atoms with E-state index in [0.717, 1.165) is 51.0 Å². The quantitative estimate of drug-likeness (QED) is 0.728. The fourth-order valence-corrected chi connectivity index (χ4v) is 5.70. The number of nitrogens with zero attached hydrogens (tertiary/aromatic N) is 2. The highest BCUT2D eigenvalue weighted by Gasteiger charge is 2.30. The minimum absolute atomic E-state index is 0.159. The summed E-state index contributed by atoms with van der Waals surface area (Å²) >= 11 is 0. The van der Waals surface area contributed by atoms with Gasteiger partial charge in [0.05, 0.1) is 0 Å². The van der Waals surface area contributed by atoms with Crippen LogP contribution in [0.3, 0.4) is 0 Å². The van der Waals surface area contributed by atoms with Crippen LogP contribution in [0.15, 0.2) is 23.1 Å². The Balaban J connectivity index is 1.84. The molecular formula is C20H29FN2O3S. The maximum atomic E-state index is 14.4. The second-order valence-electron chi connectivity index (χ2n) is 7.67. The molecule has 0 radical (unpaired) electrons. The monoisotopic (exact) mass is 396 g/mol. The van der Waals surface area contributed by atoms with Crippen LogP contribution in [0, 0.1) is 5.82 Å². The first-order chi connectivity index (χ1) is 12.9. The molecule has 2 aliphatic rings. The SMILES string of the molecule is CN(C(=O)c1ccc(F)c(S(=O)(=O)N2CCCCC2)c1)C1CCCCCC1. The molecule has 2 fully saturated rings. The van der Waals surface area contributed by atoms with Crippen LogP contribution in [0.5, 0.6) is 0 Å². The molecule has 1 aliphatic carbocycles. The minimum atomic E-state index is -3.92. The molecule has 5 nitrogen and oxygen atoms in total. The Morgan fingerprint density at radius 2 is 1.63 bits per heavy atom. The molecule has 1 saturated carbocycles. The van der Waals surface area contributed by atoms with Crippen LogP contribution in [0.2, 0.25) is 0 Å². The molecule has 0 spiro atoms. The molecule has 0 unspecified atom stereocenters. The fourth-order valence-electron chi connectivity index (χ4n) is 4.09. The van der Waals surface area contributed by atoms with Crippen LogP contribution in [0.1, 0.15) is 68.1 Å². The number of carbonyl (C=O) groups is 1. The maximum absolute atomic E-state index is 14.4. The number of amides is 1. The van der Waals surface area contributed by atoms with Crippen molar-refractivity contribution in [2.24, 2.45) is 0 Å². The van der Waals surface area contributed by atoms with E-state index >= 15 is 0 Å². The predicted molar refractivity (Wildman–Crippen MR) is 103 cm³/mol. The summed E-state index contributed by atoms with van der Waals surface area (Å²) in [6, 6.07) is 3.87. The third-order valence-electron chi connectivity index (χ3n) is 5.80.